The predicted molar refractivity (Wildman–Crippen MR) is 62.2 cm³/mol. The Kier molecular flexibility index (Phi) is 3.75. The zero-order chi connectivity index (χ0) is 11.6. The lowest BCUT2D eigenvalue weighted by Crippen LogP contribution is -2.52. The summed E-state index contributed by atoms with van der Waals surface area (Å²) in [5, 5.41) is 9.16. The highest BCUT2D eigenvalue weighted by Crippen LogP contribution is 2.38. The first-order valence-electron chi connectivity index (χ1n) is 5.81. The summed E-state index contributed by atoms with van der Waals surface area (Å²) < 4.78 is 0. The van der Waals surface area contributed by atoms with Crippen LogP contribution in [-0.4, -0.2) is 30.1 Å². The number of nitriles is 1. The molecule has 1 saturated carbocycles. The average molecular weight is 209 g/mol. The summed E-state index contributed by atoms with van der Waals surface area (Å²) in [6.07, 6.45) is 2.24. The Morgan fingerprint density at radius 3 is 2.33 bits per heavy atom. The standard InChI is InChI=1S/C12H23N3/c1-9(2)10(3)15(4)8-12(14,7-13)11-5-6-11/h9-11H,5-6,8,14H2,1-4H3. The Balaban J connectivity index is 2.56. The molecule has 0 heterocycles. The summed E-state index contributed by atoms with van der Waals surface area (Å²) in [7, 11) is 2.06. The van der Waals surface area contributed by atoms with Crippen LogP contribution in [0.1, 0.15) is 33.6 Å². The fourth-order valence-corrected chi connectivity index (χ4v) is 1.92. The first-order valence-corrected chi connectivity index (χ1v) is 5.81. The van der Waals surface area contributed by atoms with Crippen molar-refractivity contribution in [2.45, 2.75) is 45.2 Å². The second kappa shape index (κ2) is 4.51. The van der Waals surface area contributed by atoms with Gasteiger partial charge in [0.1, 0.15) is 5.54 Å². The molecule has 2 N–H and O–H groups in total. The van der Waals surface area contributed by atoms with E-state index in [4.69, 9.17) is 11.0 Å². The summed E-state index contributed by atoms with van der Waals surface area (Å²) in [6, 6.07) is 2.77. The molecular weight excluding hydrogens is 186 g/mol. The molecule has 86 valence electrons. The fraction of sp³-hybridized carbons (Fsp3) is 0.917. The van der Waals surface area contributed by atoms with Crippen LogP contribution in [-0.2, 0) is 0 Å². The van der Waals surface area contributed by atoms with Gasteiger partial charge >= 0.3 is 0 Å². The first-order chi connectivity index (χ1) is 6.90. The van der Waals surface area contributed by atoms with Crippen molar-refractivity contribution in [3.05, 3.63) is 0 Å². The van der Waals surface area contributed by atoms with E-state index in [0.29, 0.717) is 24.4 Å². The molecule has 0 bridgehead atoms. The van der Waals surface area contributed by atoms with Crippen LogP contribution in [0, 0.1) is 23.2 Å². The van der Waals surface area contributed by atoms with Gasteiger partial charge in [0.25, 0.3) is 0 Å². The second-order valence-corrected chi connectivity index (χ2v) is 5.33. The Morgan fingerprint density at radius 1 is 1.47 bits per heavy atom. The van der Waals surface area contributed by atoms with E-state index in [-0.39, 0.29) is 0 Å². The third kappa shape index (κ3) is 2.93. The van der Waals surface area contributed by atoms with Crippen molar-refractivity contribution >= 4 is 0 Å². The van der Waals surface area contributed by atoms with E-state index in [9.17, 15) is 0 Å². The zero-order valence-corrected chi connectivity index (χ0v) is 10.3. The molecule has 3 heteroatoms. The van der Waals surface area contributed by atoms with Crippen LogP contribution in [0.3, 0.4) is 0 Å². The highest BCUT2D eigenvalue weighted by atomic mass is 15.2. The molecule has 2 unspecified atom stereocenters. The largest absolute Gasteiger partial charge is 0.312 e. The molecular formula is C12H23N3. The Labute approximate surface area is 93.2 Å². The number of rotatable bonds is 5. The molecule has 1 aliphatic rings. The van der Waals surface area contributed by atoms with Crippen LogP contribution in [0.2, 0.25) is 0 Å². The van der Waals surface area contributed by atoms with Gasteiger partial charge in [0.2, 0.25) is 0 Å². The topological polar surface area (TPSA) is 53.0 Å². The van der Waals surface area contributed by atoms with Crippen LogP contribution in [0.15, 0.2) is 0 Å². The minimum absolute atomic E-state index is 0.421. The quantitative estimate of drug-likeness (QED) is 0.748. The molecule has 0 aromatic carbocycles. The van der Waals surface area contributed by atoms with E-state index in [1.165, 1.54) is 0 Å². The third-order valence-corrected chi connectivity index (χ3v) is 3.69. The van der Waals surface area contributed by atoms with Gasteiger partial charge in [-0.25, -0.2) is 0 Å². The number of nitrogens with two attached hydrogens (primary N) is 1. The smallest absolute Gasteiger partial charge is 0.119 e. The monoisotopic (exact) mass is 209 g/mol. The van der Waals surface area contributed by atoms with Crippen molar-refractivity contribution in [3.8, 4) is 6.07 Å². The lowest BCUT2D eigenvalue weighted by atomic mass is 9.94. The molecule has 1 fully saturated rings. The van der Waals surface area contributed by atoms with Crippen LogP contribution in [0.5, 0.6) is 0 Å². The van der Waals surface area contributed by atoms with E-state index < -0.39 is 5.54 Å². The van der Waals surface area contributed by atoms with Gasteiger partial charge in [-0.1, -0.05) is 13.8 Å². The molecule has 1 rings (SSSR count). The van der Waals surface area contributed by atoms with Crippen molar-refractivity contribution in [1.29, 1.82) is 5.26 Å². The number of hydrogen-bond donors (Lipinski definition) is 1. The Morgan fingerprint density at radius 2 is 2.00 bits per heavy atom. The second-order valence-electron chi connectivity index (χ2n) is 5.33. The van der Waals surface area contributed by atoms with Gasteiger partial charge in [-0.05, 0) is 38.6 Å². The van der Waals surface area contributed by atoms with Crippen molar-refractivity contribution in [2.75, 3.05) is 13.6 Å². The van der Waals surface area contributed by atoms with Crippen LogP contribution >= 0.6 is 0 Å². The highest BCUT2D eigenvalue weighted by Gasteiger charge is 2.43. The van der Waals surface area contributed by atoms with Gasteiger partial charge < -0.3 is 10.6 Å². The molecule has 0 amide bonds. The summed E-state index contributed by atoms with van der Waals surface area (Å²) in [4.78, 5) is 2.21. The van der Waals surface area contributed by atoms with Crippen LogP contribution in [0.4, 0.5) is 0 Å². The first kappa shape index (κ1) is 12.5. The molecule has 0 radical (unpaired) electrons. The number of likely N-dealkylation sites (N-methyl/N-ethyl adjacent to an activating group) is 1. The van der Waals surface area contributed by atoms with Crippen LogP contribution in [0.25, 0.3) is 0 Å². The predicted octanol–water partition coefficient (Wildman–Crippen LogP) is 1.59. The van der Waals surface area contributed by atoms with Gasteiger partial charge in [0.05, 0.1) is 6.07 Å². The minimum atomic E-state index is -0.627. The van der Waals surface area contributed by atoms with Crippen molar-refractivity contribution in [2.24, 2.45) is 17.6 Å². The molecule has 0 aliphatic heterocycles. The van der Waals surface area contributed by atoms with Gasteiger partial charge in [-0.2, -0.15) is 5.26 Å². The van der Waals surface area contributed by atoms with Crippen molar-refractivity contribution in [3.63, 3.8) is 0 Å². The molecule has 0 aromatic rings. The summed E-state index contributed by atoms with van der Waals surface area (Å²) in [5.41, 5.74) is 5.51. The van der Waals surface area contributed by atoms with Crippen molar-refractivity contribution in [1.82, 2.24) is 4.90 Å². The Hall–Kier alpha value is -0.590. The SMILES string of the molecule is CC(C)C(C)N(C)CC(N)(C#N)C1CC1. The minimum Gasteiger partial charge on any atom is -0.312 e. The molecule has 0 spiro atoms. The summed E-state index contributed by atoms with van der Waals surface area (Å²) in [5.74, 6) is 1.02. The molecule has 0 aromatic heterocycles. The van der Waals surface area contributed by atoms with E-state index in [1.807, 2.05) is 0 Å². The average Bonchev–Trinajstić information content (AvgIpc) is 2.99. The molecule has 15 heavy (non-hydrogen) atoms. The van der Waals surface area contributed by atoms with Crippen molar-refractivity contribution < 1.29 is 0 Å². The lowest BCUT2D eigenvalue weighted by molar-refractivity contribution is 0.173. The maximum atomic E-state index is 9.16. The van der Waals surface area contributed by atoms with Gasteiger partial charge in [0.15, 0.2) is 0 Å². The molecule has 3 nitrogen and oxygen atoms in total. The number of hydrogen-bond acceptors (Lipinski definition) is 3. The van der Waals surface area contributed by atoms with E-state index in [2.05, 4.69) is 38.8 Å². The summed E-state index contributed by atoms with van der Waals surface area (Å²) >= 11 is 0. The van der Waals surface area contributed by atoms with Gasteiger partial charge in [-0.15, -0.1) is 0 Å². The zero-order valence-electron chi connectivity index (χ0n) is 10.3. The number of nitrogens with zero attached hydrogens (tertiary/aromatic N) is 2. The maximum absolute atomic E-state index is 9.16. The molecule has 0 saturated heterocycles. The Bertz CT molecular complexity index is 252. The fourth-order valence-electron chi connectivity index (χ4n) is 1.92. The van der Waals surface area contributed by atoms with Gasteiger partial charge in [0, 0.05) is 12.6 Å². The van der Waals surface area contributed by atoms with E-state index in [0.717, 1.165) is 12.8 Å². The highest BCUT2D eigenvalue weighted by molar-refractivity contribution is 5.14. The molecule has 1 aliphatic carbocycles. The maximum Gasteiger partial charge on any atom is 0.119 e. The molecule has 2 atom stereocenters. The normalized spacial score (nSPS) is 22.5. The van der Waals surface area contributed by atoms with Crippen LogP contribution < -0.4 is 5.73 Å². The van der Waals surface area contributed by atoms with E-state index in [1.54, 1.807) is 0 Å². The van der Waals surface area contributed by atoms with E-state index >= 15 is 0 Å². The van der Waals surface area contributed by atoms with Gasteiger partial charge in [-0.3, -0.25) is 0 Å². The lowest BCUT2D eigenvalue weighted by Gasteiger charge is -2.33. The third-order valence-electron chi connectivity index (χ3n) is 3.69. The summed E-state index contributed by atoms with van der Waals surface area (Å²) in [6.45, 7) is 7.27.